The van der Waals surface area contributed by atoms with Crippen LogP contribution in [0.3, 0.4) is 0 Å². The number of fused-ring (bicyclic) bond motifs is 1. The second-order valence-corrected chi connectivity index (χ2v) is 8.33. The van der Waals surface area contributed by atoms with Crippen LogP contribution >= 0.6 is 11.3 Å². The highest BCUT2D eigenvalue weighted by Gasteiger charge is 2.39. The zero-order valence-corrected chi connectivity index (χ0v) is 17.0. The first-order valence-electron chi connectivity index (χ1n) is 9.49. The molecule has 0 bridgehead atoms. The van der Waals surface area contributed by atoms with Gasteiger partial charge in [0.25, 0.3) is 0 Å². The first kappa shape index (κ1) is 20.8. The lowest BCUT2D eigenvalue weighted by atomic mass is 9.91. The number of phenolic OH excluding ortho intramolecular Hbond substituents is 1. The van der Waals surface area contributed by atoms with Gasteiger partial charge in [-0.25, -0.2) is 0 Å². The van der Waals surface area contributed by atoms with E-state index in [0.717, 1.165) is 10.1 Å². The summed E-state index contributed by atoms with van der Waals surface area (Å²) >= 11 is 1.35. The van der Waals surface area contributed by atoms with Crippen molar-refractivity contribution in [3.05, 3.63) is 58.5 Å². The summed E-state index contributed by atoms with van der Waals surface area (Å²) in [6, 6.07) is 12.2. The SMILES string of the molecule is COc1cc(O)c([C@@H]2O[C@H](CO)C[C@H](O)[C@H]2O)cc1C(=O)c1cc2ccccc2s1. The Balaban J connectivity index is 1.77. The number of carbonyl (C=O) groups is 1. The van der Waals surface area contributed by atoms with Crippen LogP contribution in [-0.2, 0) is 4.74 Å². The number of benzene rings is 2. The van der Waals surface area contributed by atoms with Gasteiger partial charge in [0.2, 0.25) is 5.78 Å². The van der Waals surface area contributed by atoms with Crippen molar-refractivity contribution in [2.45, 2.75) is 30.8 Å². The molecule has 0 aliphatic carbocycles. The summed E-state index contributed by atoms with van der Waals surface area (Å²) in [5, 5.41) is 41.4. The number of aromatic hydroxyl groups is 1. The van der Waals surface area contributed by atoms with E-state index >= 15 is 0 Å². The summed E-state index contributed by atoms with van der Waals surface area (Å²) < 4.78 is 12.0. The Hall–Kier alpha value is -2.49. The second-order valence-electron chi connectivity index (χ2n) is 7.24. The third-order valence-electron chi connectivity index (χ3n) is 5.30. The zero-order chi connectivity index (χ0) is 21.4. The molecule has 0 amide bonds. The Morgan fingerprint density at radius 1 is 1.23 bits per heavy atom. The van der Waals surface area contributed by atoms with E-state index in [0.29, 0.717) is 4.88 Å². The molecule has 8 heteroatoms. The summed E-state index contributed by atoms with van der Waals surface area (Å²) in [4.78, 5) is 13.8. The van der Waals surface area contributed by atoms with Crippen LogP contribution in [0.25, 0.3) is 10.1 Å². The van der Waals surface area contributed by atoms with Gasteiger partial charge in [0.15, 0.2) is 0 Å². The fraction of sp³-hybridized carbons (Fsp3) is 0.318. The first-order chi connectivity index (χ1) is 14.4. The number of methoxy groups -OCH3 is 1. The lowest BCUT2D eigenvalue weighted by Gasteiger charge is -2.37. The zero-order valence-electron chi connectivity index (χ0n) is 16.2. The molecule has 1 aromatic heterocycles. The molecule has 2 aromatic carbocycles. The lowest BCUT2D eigenvalue weighted by molar-refractivity contribution is -0.180. The van der Waals surface area contributed by atoms with E-state index in [2.05, 4.69) is 0 Å². The van der Waals surface area contributed by atoms with Crippen molar-refractivity contribution >= 4 is 27.2 Å². The van der Waals surface area contributed by atoms with Crippen molar-refractivity contribution in [1.29, 1.82) is 0 Å². The summed E-state index contributed by atoms with van der Waals surface area (Å²) in [5.74, 6) is -0.350. The second kappa shape index (κ2) is 8.33. The normalized spacial score (nSPS) is 24.1. The monoisotopic (exact) mass is 430 g/mol. The minimum atomic E-state index is -1.32. The third-order valence-corrected chi connectivity index (χ3v) is 6.42. The largest absolute Gasteiger partial charge is 0.507 e. The molecule has 3 aromatic rings. The van der Waals surface area contributed by atoms with Crippen molar-refractivity contribution in [3.63, 3.8) is 0 Å². The molecule has 158 valence electrons. The molecule has 4 rings (SSSR count). The van der Waals surface area contributed by atoms with Crippen LogP contribution in [0.4, 0.5) is 0 Å². The van der Waals surface area contributed by atoms with E-state index in [1.165, 1.54) is 30.6 Å². The summed E-state index contributed by atoms with van der Waals surface area (Å²) in [5.41, 5.74) is 0.346. The standard InChI is InChI=1S/C22H22O7S/c1-28-17-9-15(24)13(22-21(27)16(25)7-12(10-23)29-22)8-14(17)20(26)19-6-11-4-2-3-5-18(11)30-19/h2-6,8-9,12,16,21-25,27H,7,10H2,1H3/t12-,16-,21+,22-/m0/s1. The van der Waals surface area contributed by atoms with Gasteiger partial charge in [0, 0.05) is 22.8 Å². The third kappa shape index (κ3) is 3.68. The van der Waals surface area contributed by atoms with Crippen LogP contribution in [0.5, 0.6) is 11.5 Å². The van der Waals surface area contributed by atoms with Crippen LogP contribution in [0.1, 0.15) is 33.3 Å². The number of ether oxygens (including phenoxy) is 2. The van der Waals surface area contributed by atoms with Gasteiger partial charge in [-0.15, -0.1) is 11.3 Å². The van der Waals surface area contributed by atoms with Gasteiger partial charge < -0.3 is 29.9 Å². The molecule has 0 radical (unpaired) electrons. The predicted octanol–water partition coefficient (Wildman–Crippen LogP) is 2.39. The maximum atomic E-state index is 13.3. The Bertz CT molecular complexity index is 1040. The number of ketones is 1. The number of carbonyl (C=O) groups excluding carboxylic acids is 1. The van der Waals surface area contributed by atoms with E-state index < -0.39 is 24.4 Å². The Morgan fingerprint density at radius 2 is 2.00 bits per heavy atom. The molecule has 1 saturated heterocycles. The lowest BCUT2D eigenvalue weighted by Crippen LogP contribution is -2.44. The molecule has 30 heavy (non-hydrogen) atoms. The Morgan fingerprint density at radius 3 is 2.70 bits per heavy atom. The minimum Gasteiger partial charge on any atom is -0.507 e. The number of phenols is 1. The van der Waals surface area contributed by atoms with E-state index in [1.807, 2.05) is 24.3 Å². The molecular weight excluding hydrogens is 408 g/mol. The van der Waals surface area contributed by atoms with Crippen LogP contribution in [0.15, 0.2) is 42.5 Å². The fourth-order valence-electron chi connectivity index (χ4n) is 3.72. The molecule has 1 fully saturated rings. The number of aliphatic hydroxyl groups excluding tert-OH is 3. The maximum Gasteiger partial charge on any atom is 0.206 e. The number of rotatable bonds is 5. The average Bonchev–Trinajstić information content (AvgIpc) is 3.19. The van der Waals surface area contributed by atoms with Gasteiger partial charge in [0.1, 0.15) is 23.7 Å². The molecule has 4 atom stereocenters. The minimum absolute atomic E-state index is 0.0681. The first-order valence-corrected chi connectivity index (χ1v) is 10.3. The van der Waals surface area contributed by atoms with E-state index in [-0.39, 0.29) is 41.4 Å². The van der Waals surface area contributed by atoms with Crippen molar-refractivity contribution in [1.82, 2.24) is 0 Å². The van der Waals surface area contributed by atoms with Gasteiger partial charge in [0.05, 0.1) is 36.4 Å². The predicted molar refractivity (Wildman–Crippen MR) is 111 cm³/mol. The number of aliphatic hydroxyl groups is 3. The molecule has 1 aliphatic heterocycles. The van der Waals surface area contributed by atoms with Gasteiger partial charge in [-0.3, -0.25) is 4.79 Å². The fourth-order valence-corrected chi connectivity index (χ4v) is 4.73. The van der Waals surface area contributed by atoms with Crippen molar-refractivity contribution in [2.24, 2.45) is 0 Å². The van der Waals surface area contributed by atoms with E-state index in [1.54, 1.807) is 6.07 Å². The quantitative estimate of drug-likeness (QED) is 0.459. The van der Waals surface area contributed by atoms with Crippen LogP contribution in [0.2, 0.25) is 0 Å². The van der Waals surface area contributed by atoms with Crippen LogP contribution < -0.4 is 4.74 Å². The Labute approximate surface area is 176 Å². The highest BCUT2D eigenvalue weighted by molar-refractivity contribution is 7.21. The van der Waals surface area contributed by atoms with Gasteiger partial charge in [-0.05, 0) is 23.6 Å². The summed E-state index contributed by atoms with van der Waals surface area (Å²) in [6.45, 7) is -0.342. The molecule has 0 unspecified atom stereocenters. The van der Waals surface area contributed by atoms with Gasteiger partial charge in [-0.2, -0.15) is 0 Å². The van der Waals surface area contributed by atoms with Crippen molar-refractivity contribution in [3.8, 4) is 11.5 Å². The topological polar surface area (TPSA) is 116 Å². The molecule has 0 saturated carbocycles. The van der Waals surface area contributed by atoms with Crippen LogP contribution in [-0.4, -0.2) is 58.2 Å². The summed E-state index contributed by atoms with van der Waals surface area (Å²) in [7, 11) is 1.40. The Kier molecular flexibility index (Phi) is 5.77. The van der Waals surface area contributed by atoms with E-state index in [4.69, 9.17) is 9.47 Å². The van der Waals surface area contributed by atoms with E-state index in [9.17, 15) is 25.2 Å². The summed E-state index contributed by atoms with van der Waals surface area (Å²) in [6.07, 6.45) is -4.19. The van der Waals surface area contributed by atoms with Crippen molar-refractivity contribution in [2.75, 3.05) is 13.7 Å². The molecule has 2 heterocycles. The molecule has 4 N–H and O–H groups in total. The highest BCUT2D eigenvalue weighted by atomic mass is 32.1. The maximum absolute atomic E-state index is 13.3. The molecule has 0 spiro atoms. The van der Waals surface area contributed by atoms with Crippen molar-refractivity contribution < 1.29 is 34.7 Å². The average molecular weight is 430 g/mol. The smallest absolute Gasteiger partial charge is 0.206 e. The molecule has 7 nitrogen and oxygen atoms in total. The van der Waals surface area contributed by atoms with Gasteiger partial charge >= 0.3 is 0 Å². The number of thiophene rings is 1. The molecule has 1 aliphatic rings. The number of hydrogen-bond acceptors (Lipinski definition) is 8. The molecular formula is C22H22O7S. The number of hydrogen-bond donors (Lipinski definition) is 4. The van der Waals surface area contributed by atoms with Crippen LogP contribution in [0, 0.1) is 0 Å². The van der Waals surface area contributed by atoms with Gasteiger partial charge in [-0.1, -0.05) is 18.2 Å². The highest BCUT2D eigenvalue weighted by Crippen LogP contribution is 2.40.